The van der Waals surface area contributed by atoms with Crippen molar-refractivity contribution in [3.05, 3.63) is 127 Å². The molecule has 0 fully saturated rings. The maximum atomic E-state index is 2.49. The Morgan fingerprint density at radius 1 is 0.472 bits per heavy atom. The Morgan fingerprint density at radius 2 is 0.889 bits per heavy atom. The first kappa shape index (κ1) is 21.4. The zero-order chi connectivity index (χ0) is 24.5. The second-order valence-corrected chi connectivity index (χ2v) is 14.7. The minimum absolute atomic E-state index is 0.129. The number of anilines is 3. The molecule has 5 aromatic rings. The first-order valence-corrected chi connectivity index (χ1v) is 14.8. The smallest absolute Gasteiger partial charge is 0.185 e. The molecule has 0 saturated heterocycles. The van der Waals surface area contributed by atoms with E-state index in [1.54, 1.807) is 0 Å². The summed E-state index contributed by atoms with van der Waals surface area (Å²) in [6.07, 6.45) is 0. The second kappa shape index (κ2) is 7.56. The molecule has 2 aliphatic rings. The molecule has 5 aromatic carbocycles. The SMILES string of the molecule is CC(C)(C)c1ccc(N2c3ccccc3[Si]3(c4ccccc4-c4ccccc43)c3ccccc32)cc1. The van der Waals surface area contributed by atoms with Gasteiger partial charge >= 0.3 is 0 Å². The van der Waals surface area contributed by atoms with E-state index in [0.717, 1.165) is 0 Å². The minimum Gasteiger partial charge on any atom is -0.311 e. The molecule has 0 saturated carbocycles. The number of rotatable bonds is 1. The van der Waals surface area contributed by atoms with Gasteiger partial charge in [0, 0.05) is 17.1 Å². The molecule has 0 N–H and O–H groups in total. The molecule has 36 heavy (non-hydrogen) atoms. The molecule has 0 amide bonds. The lowest BCUT2D eigenvalue weighted by molar-refractivity contribution is 0.590. The highest BCUT2D eigenvalue weighted by molar-refractivity contribution is 7.23. The summed E-state index contributed by atoms with van der Waals surface area (Å²) in [5.41, 5.74) is 8.10. The first-order chi connectivity index (χ1) is 17.5. The molecule has 1 spiro atoms. The number of nitrogens with zero attached hydrogens (tertiary/aromatic N) is 1. The predicted octanol–water partition coefficient (Wildman–Crippen LogP) is 6.13. The summed E-state index contributed by atoms with van der Waals surface area (Å²) in [4.78, 5) is 2.49. The van der Waals surface area contributed by atoms with Gasteiger partial charge in [-0.05, 0) is 67.1 Å². The third-order valence-corrected chi connectivity index (χ3v) is 13.0. The van der Waals surface area contributed by atoms with Crippen molar-refractivity contribution in [2.75, 3.05) is 4.90 Å². The van der Waals surface area contributed by atoms with E-state index in [1.165, 1.54) is 54.5 Å². The average Bonchev–Trinajstić information content (AvgIpc) is 3.20. The summed E-state index contributed by atoms with van der Waals surface area (Å²) in [7, 11) is -2.46. The lowest BCUT2D eigenvalue weighted by Crippen LogP contribution is -2.75. The molecule has 0 bridgehead atoms. The van der Waals surface area contributed by atoms with Gasteiger partial charge in [0.25, 0.3) is 0 Å². The van der Waals surface area contributed by atoms with E-state index in [2.05, 4.69) is 147 Å². The third kappa shape index (κ3) is 2.76. The van der Waals surface area contributed by atoms with Crippen LogP contribution in [-0.4, -0.2) is 8.07 Å². The van der Waals surface area contributed by atoms with Gasteiger partial charge in [-0.25, -0.2) is 0 Å². The standard InChI is InChI=1S/C34H29NSi/c1-34(2,3)24-20-22-25(23-21-24)35-28-14-6-10-18-32(28)36(33-19-11-7-15-29(33)35)30-16-8-4-12-26(30)27-13-5-9-17-31(27)36/h4-23H,1-3H3. The Hall–Kier alpha value is -3.88. The Balaban J connectivity index is 1.56. The van der Waals surface area contributed by atoms with Crippen molar-refractivity contribution in [3.8, 4) is 11.1 Å². The van der Waals surface area contributed by atoms with E-state index in [-0.39, 0.29) is 5.41 Å². The van der Waals surface area contributed by atoms with E-state index >= 15 is 0 Å². The molecule has 7 rings (SSSR count). The van der Waals surface area contributed by atoms with Gasteiger partial charge < -0.3 is 4.90 Å². The lowest BCUT2D eigenvalue weighted by atomic mass is 9.87. The van der Waals surface area contributed by atoms with Crippen LogP contribution in [-0.2, 0) is 5.41 Å². The van der Waals surface area contributed by atoms with Crippen LogP contribution in [0.25, 0.3) is 11.1 Å². The van der Waals surface area contributed by atoms with Crippen molar-refractivity contribution < 1.29 is 0 Å². The molecular weight excluding hydrogens is 450 g/mol. The normalized spacial score (nSPS) is 14.7. The highest BCUT2D eigenvalue weighted by Crippen LogP contribution is 2.41. The van der Waals surface area contributed by atoms with E-state index < -0.39 is 8.07 Å². The zero-order valence-electron chi connectivity index (χ0n) is 21.0. The highest BCUT2D eigenvalue weighted by Gasteiger charge is 2.53. The van der Waals surface area contributed by atoms with Crippen LogP contribution >= 0.6 is 0 Å². The fraction of sp³-hybridized carbons (Fsp3) is 0.118. The predicted molar refractivity (Wildman–Crippen MR) is 156 cm³/mol. The largest absolute Gasteiger partial charge is 0.311 e. The van der Waals surface area contributed by atoms with Crippen molar-refractivity contribution in [3.63, 3.8) is 0 Å². The van der Waals surface area contributed by atoms with Gasteiger partial charge in [0.1, 0.15) is 0 Å². The average molecular weight is 480 g/mol. The monoisotopic (exact) mass is 479 g/mol. The molecule has 0 aromatic heterocycles. The topological polar surface area (TPSA) is 3.24 Å². The Bertz CT molecular complexity index is 1530. The minimum atomic E-state index is -2.46. The van der Waals surface area contributed by atoms with Crippen molar-refractivity contribution in [1.82, 2.24) is 0 Å². The number of hydrogen-bond acceptors (Lipinski definition) is 1. The Kier molecular flexibility index (Phi) is 4.49. The van der Waals surface area contributed by atoms with Gasteiger partial charge in [0.15, 0.2) is 8.07 Å². The van der Waals surface area contributed by atoms with E-state index in [9.17, 15) is 0 Å². The Labute approximate surface area is 214 Å². The number of fused-ring (bicyclic) bond motifs is 9. The van der Waals surface area contributed by atoms with Crippen LogP contribution < -0.4 is 25.6 Å². The van der Waals surface area contributed by atoms with Gasteiger partial charge in [-0.1, -0.05) is 118 Å². The molecule has 0 unspecified atom stereocenters. The van der Waals surface area contributed by atoms with E-state index in [4.69, 9.17) is 0 Å². The fourth-order valence-electron chi connectivity index (χ4n) is 6.45. The van der Waals surface area contributed by atoms with Crippen molar-refractivity contribution in [2.24, 2.45) is 0 Å². The van der Waals surface area contributed by atoms with Crippen LogP contribution in [0.3, 0.4) is 0 Å². The summed E-state index contributed by atoms with van der Waals surface area (Å²) in [6, 6.07) is 45.7. The number of para-hydroxylation sites is 2. The quantitative estimate of drug-likeness (QED) is 0.256. The molecule has 2 heteroatoms. The Morgan fingerprint density at radius 3 is 1.36 bits per heavy atom. The maximum absolute atomic E-state index is 2.49. The molecule has 2 heterocycles. The molecule has 0 aliphatic carbocycles. The fourth-order valence-corrected chi connectivity index (χ4v) is 12.0. The van der Waals surface area contributed by atoms with Gasteiger partial charge in [-0.3, -0.25) is 0 Å². The van der Waals surface area contributed by atoms with Gasteiger partial charge in [0.05, 0.1) is 0 Å². The second-order valence-electron chi connectivity index (χ2n) is 11.0. The van der Waals surface area contributed by atoms with Crippen LogP contribution in [0.15, 0.2) is 121 Å². The highest BCUT2D eigenvalue weighted by atomic mass is 28.3. The maximum Gasteiger partial charge on any atom is 0.185 e. The van der Waals surface area contributed by atoms with Crippen molar-refractivity contribution in [2.45, 2.75) is 26.2 Å². The van der Waals surface area contributed by atoms with Crippen LogP contribution in [0, 0.1) is 0 Å². The summed E-state index contributed by atoms with van der Waals surface area (Å²) < 4.78 is 0. The van der Waals surface area contributed by atoms with Gasteiger partial charge in [-0.15, -0.1) is 0 Å². The summed E-state index contributed by atoms with van der Waals surface area (Å²) in [5.74, 6) is 0. The van der Waals surface area contributed by atoms with E-state index in [1.807, 2.05) is 0 Å². The molecular formula is C34H29NSi. The van der Waals surface area contributed by atoms with Crippen LogP contribution in [0.5, 0.6) is 0 Å². The molecule has 174 valence electrons. The molecule has 2 aliphatic heterocycles. The molecule has 0 radical (unpaired) electrons. The third-order valence-electron chi connectivity index (χ3n) is 8.04. The van der Waals surface area contributed by atoms with Crippen molar-refractivity contribution in [1.29, 1.82) is 0 Å². The lowest BCUT2D eigenvalue weighted by Gasteiger charge is -2.43. The molecule has 1 nitrogen and oxygen atoms in total. The van der Waals surface area contributed by atoms with Crippen LogP contribution in [0.4, 0.5) is 17.1 Å². The van der Waals surface area contributed by atoms with Gasteiger partial charge in [-0.2, -0.15) is 0 Å². The van der Waals surface area contributed by atoms with Crippen molar-refractivity contribution >= 4 is 45.9 Å². The summed E-state index contributed by atoms with van der Waals surface area (Å²) >= 11 is 0. The number of benzene rings is 5. The summed E-state index contributed by atoms with van der Waals surface area (Å²) in [6.45, 7) is 6.83. The van der Waals surface area contributed by atoms with Gasteiger partial charge in [0.2, 0.25) is 0 Å². The van der Waals surface area contributed by atoms with E-state index in [0.29, 0.717) is 0 Å². The first-order valence-electron chi connectivity index (χ1n) is 12.8. The zero-order valence-corrected chi connectivity index (χ0v) is 22.0. The summed E-state index contributed by atoms with van der Waals surface area (Å²) in [5, 5.41) is 5.96. The number of hydrogen-bond donors (Lipinski definition) is 0. The van der Waals surface area contributed by atoms with Crippen LogP contribution in [0.1, 0.15) is 26.3 Å². The molecule has 0 atom stereocenters. The van der Waals surface area contributed by atoms with Crippen LogP contribution in [0.2, 0.25) is 0 Å².